The molecule has 0 amide bonds. The molecule has 0 aromatic carbocycles. The van der Waals surface area contributed by atoms with Crippen molar-refractivity contribution >= 4 is 12.1 Å². The van der Waals surface area contributed by atoms with Gasteiger partial charge in [-0.3, -0.25) is 14.8 Å². The highest BCUT2D eigenvalue weighted by Crippen LogP contribution is 2.55. The van der Waals surface area contributed by atoms with Gasteiger partial charge in [0, 0.05) is 18.9 Å². The van der Waals surface area contributed by atoms with Gasteiger partial charge in [0.2, 0.25) is 0 Å². The molecule has 1 aromatic rings. The van der Waals surface area contributed by atoms with E-state index in [2.05, 4.69) is 9.98 Å². The standard InChI is InChI=1S/C18H24N4O2/c1-21-17(20)14(10-23)16(19)11-6-12-8-18(24,9-13(12)7-11)15-4-2-3-5-22-15/h2-5,10-13,24H,6-9,19H2,1H3,(H2,20,21)/b16-14-. The number of carbonyl (C=O) groups excluding carboxylic acids is 1. The molecule has 2 saturated carbocycles. The Balaban J connectivity index is 1.76. The number of pyridine rings is 1. The molecule has 2 aliphatic rings. The van der Waals surface area contributed by atoms with Crippen LogP contribution >= 0.6 is 0 Å². The molecule has 24 heavy (non-hydrogen) atoms. The fraction of sp³-hybridized carbons (Fsp3) is 0.500. The predicted molar refractivity (Wildman–Crippen MR) is 91.9 cm³/mol. The molecule has 2 unspecified atom stereocenters. The van der Waals surface area contributed by atoms with E-state index in [1.165, 1.54) is 0 Å². The van der Waals surface area contributed by atoms with Crippen molar-refractivity contribution in [3.63, 3.8) is 0 Å². The second kappa shape index (κ2) is 6.36. The number of aliphatic hydroxyl groups is 1. The van der Waals surface area contributed by atoms with Crippen molar-refractivity contribution in [2.45, 2.75) is 31.3 Å². The summed E-state index contributed by atoms with van der Waals surface area (Å²) in [5, 5.41) is 11.0. The van der Waals surface area contributed by atoms with Crippen LogP contribution in [0.4, 0.5) is 0 Å². The molecule has 5 N–H and O–H groups in total. The summed E-state index contributed by atoms with van der Waals surface area (Å²) in [6, 6.07) is 5.64. The average molecular weight is 328 g/mol. The van der Waals surface area contributed by atoms with Gasteiger partial charge in [-0.05, 0) is 55.6 Å². The number of rotatable bonds is 4. The summed E-state index contributed by atoms with van der Waals surface area (Å²) in [6.45, 7) is 0. The Kier molecular flexibility index (Phi) is 4.41. The molecule has 6 heteroatoms. The van der Waals surface area contributed by atoms with E-state index in [9.17, 15) is 9.90 Å². The van der Waals surface area contributed by atoms with Crippen molar-refractivity contribution in [3.05, 3.63) is 41.4 Å². The van der Waals surface area contributed by atoms with Gasteiger partial charge in [0.05, 0.1) is 11.3 Å². The van der Waals surface area contributed by atoms with Crippen LogP contribution in [0, 0.1) is 17.8 Å². The van der Waals surface area contributed by atoms with Gasteiger partial charge >= 0.3 is 0 Å². The van der Waals surface area contributed by atoms with Crippen LogP contribution in [0.25, 0.3) is 0 Å². The summed E-state index contributed by atoms with van der Waals surface area (Å²) in [5.74, 6) is 1.07. The van der Waals surface area contributed by atoms with E-state index in [0.717, 1.165) is 18.5 Å². The van der Waals surface area contributed by atoms with E-state index in [4.69, 9.17) is 11.5 Å². The van der Waals surface area contributed by atoms with E-state index in [1.54, 1.807) is 13.2 Å². The zero-order chi connectivity index (χ0) is 17.3. The second-order valence-electron chi connectivity index (χ2n) is 6.94. The number of aliphatic imine (C=N–C) groups is 1. The predicted octanol–water partition coefficient (Wildman–Crippen LogP) is 1.10. The van der Waals surface area contributed by atoms with Gasteiger partial charge in [-0.25, -0.2) is 0 Å². The van der Waals surface area contributed by atoms with Gasteiger partial charge in [0.15, 0.2) is 6.29 Å². The monoisotopic (exact) mass is 328 g/mol. The molecule has 0 spiro atoms. The van der Waals surface area contributed by atoms with Crippen LogP contribution in [0.5, 0.6) is 0 Å². The lowest BCUT2D eigenvalue weighted by Crippen LogP contribution is -2.26. The number of allylic oxidation sites excluding steroid dienone is 1. The fourth-order valence-corrected chi connectivity index (χ4v) is 4.38. The van der Waals surface area contributed by atoms with Crippen molar-refractivity contribution in [1.82, 2.24) is 4.98 Å². The number of aromatic nitrogens is 1. The quantitative estimate of drug-likeness (QED) is 0.331. The van der Waals surface area contributed by atoms with Gasteiger partial charge in [-0.2, -0.15) is 0 Å². The molecular formula is C18H24N4O2. The number of nitrogens with zero attached hydrogens (tertiary/aromatic N) is 2. The zero-order valence-corrected chi connectivity index (χ0v) is 13.9. The van der Waals surface area contributed by atoms with Gasteiger partial charge < -0.3 is 16.6 Å². The maximum Gasteiger partial charge on any atom is 0.155 e. The van der Waals surface area contributed by atoms with Crippen LogP contribution in [-0.4, -0.2) is 29.3 Å². The molecule has 3 rings (SSSR count). The van der Waals surface area contributed by atoms with Crippen molar-refractivity contribution in [1.29, 1.82) is 0 Å². The zero-order valence-electron chi connectivity index (χ0n) is 13.9. The normalized spacial score (nSPS) is 33.9. The van der Waals surface area contributed by atoms with Crippen molar-refractivity contribution in [2.24, 2.45) is 34.2 Å². The van der Waals surface area contributed by atoms with E-state index < -0.39 is 5.60 Å². The minimum Gasteiger partial charge on any atom is -0.401 e. The first-order valence-electron chi connectivity index (χ1n) is 8.30. The van der Waals surface area contributed by atoms with Crippen molar-refractivity contribution < 1.29 is 9.90 Å². The maximum absolute atomic E-state index is 11.3. The summed E-state index contributed by atoms with van der Waals surface area (Å²) < 4.78 is 0. The number of nitrogens with two attached hydrogens (primary N) is 2. The van der Waals surface area contributed by atoms with Gasteiger partial charge in [0.25, 0.3) is 0 Å². The number of amidine groups is 1. The molecule has 2 fully saturated rings. The van der Waals surface area contributed by atoms with Crippen LogP contribution in [-0.2, 0) is 10.4 Å². The Morgan fingerprint density at radius 2 is 2.00 bits per heavy atom. The van der Waals surface area contributed by atoms with Gasteiger partial charge in [-0.1, -0.05) is 6.07 Å². The molecular weight excluding hydrogens is 304 g/mol. The van der Waals surface area contributed by atoms with E-state index >= 15 is 0 Å². The lowest BCUT2D eigenvalue weighted by molar-refractivity contribution is -0.104. The highest BCUT2D eigenvalue weighted by Gasteiger charge is 2.50. The molecule has 6 nitrogen and oxygen atoms in total. The summed E-state index contributed by atoms with van der Waals surface area (Å²) in [4.78, 5) is 19.5. The molecule has 1 heterocycles. The van der Waals surface area contributed by atoms with Gasteiger partial charge in [0.1, 0.15) is 11.4 Å². The number of hydrogen-bond donors (Lipinski definition) is 3. The van der Waals surface area contributed by atoms with E-state index in [1.807, 2.05) is 18.2 Å². The molecule has 0 bridgehead atoms. The first-order valence-corrected chi connectivity index (χ1v) is 8.30. The highest BCUT2D eigenvalue weighted by molar-refractivity contribution is 6.13. The Hall–Kier alpha value is -2.21. The highest BCUT2D eigenvalue weighted by atomic mass is 16.3. The first-order chi connectivity index (χ1) is 11.5. The number of fused-ring (bicyclic) bond motifs is 1. The Bertz CT molecular complexity index is 670. The van der Waals surface area contributed by atoms with Gasteiger partial charge in [-0.15, -0.1) is 0 Å². The lowest BCUT2D eigenvalue weighted by atomic mass is 9.89. The van der Waals surface area contributed by atoms with E-state index in [0.29, 0.717) is 42.2 Å². The molecule has 128 valence electrons. The second-order valence-corrected chi connectivity index (χ2v) is 6.94. The lowest BCUT2D eigenvalue weighted by Gasteiger charge is -2.24. The first kappa shape index (κ1) is 16.6. The minimum absolute atomic E-state index is 0.119. The third-order valence-corrected chi connectivity index (χ3v) is 5.57. The molecule has 0 aliphatic heterocycles. The van der Waals surface area contributed by atoms with Crippen LogP contribution < -0.4 is 11.5 Å². The van der Waals surface area contributed by atoms with Crippen LogP contribution in [0.1, 0.15) is 31.4 Å². The van der Waals surface area contributed by atoms with Crippen molar-refractivity contribution in [3.8, 4) is 0 Å². The third-order valence-electron chi connectivity index (χ3n) is 5.57. The summed E-state index contributed by atoms with van der Waals surface area (Å²) in [6.07, 6.45) is 5.50. The number of aldehydes is 1. The number of carbonyl (C=O) groups is 1. The van der Waals surface area contributed by atoms with Crippen LogP contribution in [0.3, 0.4) is 0 Å². The van der Waals surface area contributed by atoms with E-state index in [-0.39, 0.29) is 11.8 Å². The summed E-state index contributed by atoms with van der Waals surface area (Å²) >= 11 is 0. The van der Waals surface area contributed by atoms with Crippen molar-refractivity contribution in [2.75, 3.05) is 7.05 Å². The molecule has 0 saturated heterocycles. The van der Waals surface area contributed by atoms with Crippen LogP contribution in [0.15, 0.2) is 40.7 Å². The molecule has 2 aliphatic carbocycles. The molecule has 2 atom stereocenters. The third kappa shape index (κ3) is 2.82. The Labute approximate surface area is 141 Å². The largest absolute Gasteiger partial charge is 0.401 e. The SMILES string of the molecule is CN=C(N)/C(C=O)=C(\N)C1CC2CC(O)(c3ccccn3)CC2C1. The smallest absolute Gasteiger partial charge is 0.155 e. The topological polar surface area (TPSA) is 115 Å². The Morgan fingerprint density at radius 3 is 2.50 bits per heavy atom. The van der Waals surface area contributed by atoms with Crippen LogP contribution in [0.2, 0.25) is 0 Å². The summed E-state index contributed by atoms with van der Waals surface area (Å²) in [7, 11) is 1.54. The average Bonchev–Trinajstić information content (AvgIpc) is 3.11. The fourth-order valence-electron chi connectivity index (χ4n) is 4.38. The maximum atomic E-state index is 11.3. The minimum atomic E-state index is -0.850. The number of hydrogen-bond acceptors (Lipinski definition) is 5. The molecule has 0 radical (unpaired) electrons. The Morgan fingerprint density at radius 1 is 1.33 bits per heavy atom. The molecule has 1 aromatic heterocycles. The summed E-state index contributed by atoms with van der Waals surface area (Å²) in [5.41, 5.74) is 12.7.